The van der Waals surface area contributed by atoms with Crippen LogP contribution in [0.25, 0.3) is 6.08 Å². The highest BCUT2D eigenvalue weighted by atomic mass is 16.2. The van der Waals surface area contributed by atoms with Gasteiger partial charge < -0.3 is 20.4 Å². The van der Waals surface area contributed by atoms with Crippen LogP contribution in [0, 0.1) is 5.92 Å². The van der Waals surface area contributed by atoms with Gasteiger partial charge in [0.25, 0.3) is 5.91 Å². The molecule has 0 radical (unpaired) electrons. The van der Waals surface area contributed by atoms with E-state index in [9.17, 15) is 19.2 Å². The SMILES string of the molecule is CC(C)CC1NC(=O)[C@@H](C)N(C)C(=O)CNC(=O)C(=Cc2ccccc2)N(C)C1=O. The van der Waals surface area contributed by atoms with Crippen LogP contribution in [0.1, 0.15) is 32.8 Å². The van der Waals surface area contributed by atoms with E-state index in [4.69, 9.17) is 0 Å². The van der Waals surface area contributed by atoms with Crippen molar-refractivity contribution in [2.75, 3.05) is 20.6 Å². The van der Waals surface area contributed by atoms with Crippen molar-refractivity contribution in [2.24, 2.45) is 5.92 Å². The highest BCUT2D eigenvalue weighted by Crippen LogP contribution is 2.15. The van der Waals surface area contributed by atoms with E-state index in [0.717, 1.165) is 5.56 Å². The Morgan fingerprint density at radius 1 is 1.10 bits per heavy atom. The number of likely N-dealkylation sites (N-methyl/N-ethyl adjacent to an activating group) is 2. The van der Waals surface area contributed by atoms with Gasteiger partial charge in [0, 0.05) is 14.1 Å². The highest BCUT2D eigenvalue weighted by molar-refractivity contribution is 6.04. The van der Waals surface area contributed by atoms with Crippen molar-refractivity contribution >= 4 is 29.7 Å². The van der Waals surface area contributed by atoms with Gasteiger partial charge in [0.2, 0.25) is 17.7 Å². The molecule has 4 amide bonds. The topological polar surface area (TPSA) is 98.8 Å². The van der Waals surface area contributed by atoms with E-state index in [2.05, 4.69) is 10.6 Å². The molecule has 30 heavy (non-hydrogen) atoms. The first-order valence-corrected chi connectivity index (χ1v) is 10.00. The average molecular weight is 415 g/mol. The number of hydrogen-bond acceptors (Lipinski definition) is 4. The summed E-state index contributed by atoms with van der Waals surface area (Å²) in [5.74, 6) is -1.63. The van der Waals surface area contributed by atoms with E-state index in [1.54, 1.807) is 13.0 Å². The van der Waals surface area contributed by atoms with E-state index in [1.807, 2.05) is 44.2 Å². The molecule has 0 aliphatic carbocycles. The molecule has 1 heterocycles. The summed E-state index contributed by atoms with van der Waals surface area (Å²) in [6, 6.07) is 7.51. The lowest BCUT2D eigenvalue weighted by molar-refractivity contribution is -0.142. The molecule has 1 fully saturated rings. The number of carbonyl (C=O) groups excluding carboxylic acids is 4. The fourth-order valence-corrected chi connectivity index (χ4v) is 3.12. The molecule has 1 aromatic rings. The van der Waals surface area contributed by atoms with Crippen LogP contribution in [-0.4, -0.2) is 66.2 Å². The third-order valence-electron chi connectivity index (χ3n) is 5.10. The monoisotopic (exact) mass is 414 g/mol. The molecule has 2 N–H and O–H groups in total. The Labute approximate surface area is 177 Å². The van der Waals surface area contributed by atoms with Crippen molar-refractivity contribution in [3.63, 3.8) is 0 Å². The maximum Gasteiger partial charge on any atom is 0.268 e. The minimum atomic E-state index is -0.820. The minimum Gasteiger partial charge on any atom is -0.342 e. The zero-order valence-electron chi connectivity index (χ0n) is 18.1. The van der Waals surface area contributed by atoms with Crippen LogP contribution in [-0.2, 0) is 19.2 Å². The second kappa shape index (κ2) is 10.0. The molecular formula is C22H30N4O4. The van der Waals surface area contributed by atoms with Gasteiger partial charge >= 0.3 is 0 Å². The van der Waals surface area contributed by atoms with Gasteiger partial charge in [0.05, 0.1) is 6.54 Å². The predicted molar refractivity (Wildman–Crippen MR) is 114 cm³/mol. The number of nitrogens with one attached hydrogen (secondary N) is 2. The molecule has 0 saturated carbocycles. The van der Waals surface area contributed by atoms with Crippen LogP contribution in [0.4, 0.5) is 0 Å². The van der Waals surface area contributed by atoms with E-state index >= 15 is 0 Å². The quantitative estimate of drug-likeness (QED) is 0.721. The van der Waals surface area contributed by atoms with Crippen molar-refractivity contribution < 1.29 is 19.2 Å². The molecule has 2 rings (SSSR count). The van der Waals surface area contributed by atoms with Gasteiger partial charge in [-0.1, -0.05) is 44.2 Å². The minimum absolute atomic E-state index is 0.0956. The third-order valence-corrected chi connectivity index (χ3v) is 5.10. The molecule has 1 saturated heterocycles. The standard InChI is InChI=1S/C22H30N4O4/c1-14(2)11-17-22(30)26(5)18(12-16-9-7-6-8-10-16)21(29)23-13-19(27)25(4)15(3)20(28)24-17/h6-10,12,14-15,17H,11,13H2,1-5H3,(H,23,29)(H,24,28)/t15-,17?/m1/s1. The molecular weight excluding hydrogens is 384 g/mol. The molecule has 2 atom stereocenters. The Hall–Kier alpha value is -3.16. The van der Waals surface area contributed by atoms with Crippen molar-refractivity contribution in [1.29, 1.82) is 0 Å². The Kier molecular flexibility index (Phi) is 7.74. The molecule has 1 aliphatic rings. The third kappa shape index (κ3) is 5.68. The summed E-state index contributed by atoms with van der Waals surface area (Å²) in [5.41, 5.74) is 0.828. The number of hydrogen-bond donors (Lipinski definition) is 2. The van der Waals surface area contributed by atoms with Crippen LogP contribution < -0.4 is 10.6 Å². The summed E-state index contributed by atoms with van der Waals surface area (Å²) in [7, 11) is 3.00. The smallest absolute Gasteiger partial charge is 0.268 e. The Balaban J connectivity index is 2.49. The van der Waals surface area contributed by atoms with Crippen LogP contribution >= 0.6 is 0 Å². The van der Waals surface area contributed by atoms with Crippen molar-refractivity contribution in [1.82, 2.24) is 20.4 Å². The molecule has 0 spiro atoms. The number of nitrogens with zero attached hydrogens (tertiary/aromatic N) is 2. The summed E-state index contributed by atoms with van der Waals surface area (Å²) in [6.45, 7) is 5.20. The van der Waals surface area contributed by atoms with Crippen LogP contribution in [0.15, 0.2) is 36.0 Å². The second-order valence-electron chi connectivity index (χ2n) is 7.89. The molecule has 0 bridgehead atoms. The van der Waals surface area contributed by atoms with E-state index in [-0.39, 0.29) is 18.2 Å². The Bertz CT molecular complexity index is 835. The lowest BCUT2D eigenvalue weighted by Crippen LogP contribution is -2.56. The zero-order valence-corrected chi connectivity index (χ0v) is 18.1. The maximum absolute atomic E-state index is 13.3. The van der Waals surface area contributed by atoms with Gasteiger partial charge in [-0.05, 0) is 30.9 Å². The van der Waals surface area contributed by atoms with Gasteiger partial charge in [0.15, 0.2) is 0 Å². The molecule has 1 aliphatic heterocycles. The zero-order chi connectivity index (χ0) is 22.4. The number of amides is 4. The lowest BCUT2D eigenvalue weighted by Gasteiger charge is -2.31. The fraction of sp³-hybridized carbons (Fsp3) is 0.455. The van der Waals surface area contributed by atoms with Crippen molar-refractivity contribution in [3.8, 4) is 0 Å². The second-order valence-corrected chi connectivity index (χ2v) is 7.89. The van der Waals surface area contributed by atoms with Crippen molar-refractivity contribution in [2.45, 2.75) is 39.3 Å². The Morgan fingerprint density at radius 2 is 1.73 bits per heavy atom. The first-order chi connectivity index (χ1) is 14.1. The largest absolute Gasteiger partial charge is 0.342 e. The molecule has 1 unspecified atom stereocenters. The van der Waals surface area contributed by atoms with Gasteiger partial charge in [-0.2, -0.15) is 0 Å². The first-order valence-electron chi connectivity index (χ1n) is 10.00. The number of benzene rings is 1. The summed E-state index contributed by atoms with van der Waals surface area (Å²) in [6.07, 6.45) is 1.99. The molecule has 0 aromatic heterocycles. The molecule has 8 heteroatoms. The van der Waals surface area contributed by atoms with Crippen molar-refractivity contribution in [3.05, 3.63) is 41.6 Å². The van der Waals surface area contributed by atoms with Crippen LogP contribution in [0.5, 0.6) is 0 Å². The van der Waals surface area contributed by atoms with Crippen LogP contribution in [0.3, 0.4) is 0 Å². The number of rotatable bonds is 3. The van der Waals surface area contributed by atoms with Gasteiger partial charge in [-0.25, -0.2) is 0 Å². The molecule has 1 aromatic carbocycles. The summed E-state index contributed by atoms with van der Waals surface area (Å²) >= 11 is 0. The summed E-state index contributed by atoms with van der Waals surface area (Å²) < 4.78 is 0. The Morgan fingerprint density at radius 3 is 2.33 bits per heavy atom. The number of carbonyl (C=O) groups is 4. The summed E-state index contributed by atoms with van der Waals surface area (Å²) in [5, 5.41) is 5.33. The predicted octanol–water partition coefficient (Wildman–Crippen LogP) is 0.994. The highest BCUT2D eigenvalue weighted by Gasteiger charge is 2.32. The van der Waals surface area contributed by atoms with E-state index < -0.39 is 35.7 Å². The van der Waals surface area contributed by atoms with Crippen LogP contribution in [0.2, 0.25) is 0 Å². The molecule has 162 valence electrons. The van der Waals surface area contributed by atoms with Gasteiger partial charge in [-0.3, -0.25) is 19.2 Å². The lowest BCUT2D eigenvalue weighted by atomic mass is 10.0. The first kappa shape index (κ1) is 23.1. The van der Waals surface area contributed by atoms with E-state index in [1.165, 1.54) is 23.9 Å². The fourth-order valence-electron chi connectivity index (χ4n) is 3.12. The maximum atomic E-state index is 13.3. The van der Waals surface area contributed by atoms with E-state index in [0.29, 0.717) is 6.42 Å². The van der Waals surface area contributed by atoms with Gasteiger partial charge in [-0.15, -0.1) is 0 Å². The van der Waals surface area contributed by atoms with Gasteiger partial charge in [0.1, 0.15) is 17.8 Å². The summed E-state index contributed by atoms with van der Waals surface area (Å²) in [4.78, 5) is 53.8. The molecule has 8 nitrogen and oxygen atoms in total. The normalized spacial score (nSPS) is 23.2. The average Bonchev–Trinajstić information content (AvgIpc) is 2.72.